The second kappa shape index (κ2) is 5.77. The molecule has 6 heteroatoms. The first-order valence-electron chi connectivity index (χ1n) is 6.18. The Morgan fingerprint density at radius 3 is 2.84 bits per heavy atom. The number of aryl methyl sites for hydroxylation is 2. The summed E-state index contributed by atoms with van der Waals surface area (Å²) in [6.07, 6.45) is 2.36. The zero-order chi connectivity index (χ0) is 13.8. The molecule has 102 valence electrons. The van der Waals surface area contributed by atoms with E-state index >= 15 is 0 Å². The first-order chi connectivity index (χ1) is 9.13. The van der Waals surface area contributed by atoms with Crippen LogP contribution in [0.15, 0.2) is 18.5 Å². The monoisotopic (exact) mass is 266 g/mol. The summed E-state index contributed by atoms with van der Waals surface area (Å²) in [5.41, 5.74) is 0.282. The molecule has 2 rings (SSSR count). The number of hydrogen-bond acceptors (Lipinski definition) is 3. The van der Waals surface area contributed by atoms with Crippen molar-refractivity contribution in [3.8, 4) is 0 Å². The van der Waals surface area contributed by atoms with Crippen LogP contribution < -0.4 is 5.32 Å². The summed E-state index contributed by atoms with van der Waals surface area (Å²) in [4.78, 5) is 4.08. The quantitative estimate of drug-likeness (QED) is 0.904. The molecule has 2 aromatic rings. The van der Waals surface area contributed by atoms with Crippen molar-refractivity contribution in [2.45, 2.75) is 33.4 Å². The number of aromatic nitrogens is 3. The molecule has 0 atom stereocenters. The molecule has 0 saturated carbocycles. The minimum Gasteiger partial charge on any atom is -0.373 e. The Hall–Kier alpha value is -1.98. The van der Waals surface area contributed by atoms with Gasteiger partial charge in [0.25, 0.3) is 0 Å². The van der Waals surface area contributed by atoms with Gasteiger partial charge >= 0.3 is 0 Å². The summed E-state index contributed by atoms with van der Waals surface area (Å²) in [7, 11) is 0. The van der Waals surface area contributed by atoms with Gasteiger partial charge in [-0.2, -0.15) is 5.10 Å². The lowest BCUT2D eigenvalue weighted by atomic mass is 10.2. The Morgan fingerprint density at radius 2 is 2.11 bits per heavy atom. The highest BCUT2D eigenvalue weighted by Gasteiger charge is 2.12. The van der Waals surface area contributed by atoms with Gasteiger partial charge in [-0.15, -0.1) is 0 Å². The van der Waals surface area contributed by atoms with Gasteiger partial charge in [-0.25, -0.2) is 18.4 Å². The zero-order valence-corrected chi connectivity index (χ0v) is 11.0. The lowest BCUT2D eigenvalue weighted by molar-refractivity contribution is 0.566. The Labute approximate surface area is 110 Å². The van der Waals surface area contributed by atoms with E-state index in [1.165, 1.54) is 18.5 Å². The largest absolute Gasteiger partial charge is 0.373 e. The molecule has 1 heterocycles. The van der Waals surface area contributed by atoms with Gasteiger partial charge in [-0.3, -0.25) is 0 Å². The van der Waals surface area contributed by atoms with Crippen LogP contribution in [0, 0.1) is 18.6 Å². The average molecular weight is 266 g/mol. The predicted octanol–water partition coefficient (Wildman–Crippen LogP) is 2.89. The zero-order valence-electron chi connectivity index (χ0n) is 11.0. The van der Waals surface area contributed by atoms with Crippen LogP contribution in [0.2, 0.25) is 0 Å². The number of benzene rings is 1. The Morgan fingerprint density at radius 1 is 1.32 bits per heavy atom. The molecule has 1 aromatic heterocycles. The van der Waals surface area contributed by atoms with Crippen LogP contribution in [0.4, 0.5) is 14.5 Å². The number of halogens is 2. The first-order valence-corrected chi connectivity index (χ1v) is 6.18. The van der Waals surface area contributed by atoms with Crippen molar-refractivity contribution in [1.29, 1.82) is 0 Å². The molecular weight excluding hydrogens is 250 g/mol. The number of hydrogen-bond donors (Lipinski definition) is 1. The van der Waals surface area contributed by atoms with Crippen LogP contribution in [0.5, 0.6) is 0 Å². The smallest absolute Gasteiger partial charge is 0.152 e. The van der Waals surface area contributed by atoms with E-state index in [1.807, 2.05) is 6.92 Å². The summed E-state index contributed by atoms with van der Waals surface area (Å²) >= 11 is 0. The number of rotatable bonds is 5. The molecular formula is C13H16F2N4. The minimum atomic E-state index is -0.607. The van der Waals surface area contributed by atoms with Gasteiger partial charge < -0.3 is 5.32 Å². The van der Waals surface area contributed by atoms with Gasteiger partial charge in [0.2, 0.25) is 0 Å². The summed E-state index contributed by atoms with van der Waals surface area (Å²) in [6, 6.07) is 2.66. The van der Waals surface area contributed by atoms with Crippen LogP contribution in [-0.2, 0) is 13.1 Å². The summed E-state index contributed by atoms with van der Waals surface area (Å²) < 4.78 is 29.1. The van der Waals surface area contributed by atoms with E-state index in [0.717, 1.165) is 13.0 Å². The van der Waals surface area contributed by atoms with E-state index in [9.17, 15) is 8.78 Å². The first kappa shape index (κ1) is 13.5. The van der Waals surface area contributed by atoms with Crippen molar-refractivity contribution < 1.29 is 8.78 Å². The standard InChI is InChI=1S/C13H16F2N4/c1-3-6-19-11(17-8-18-19)7-16-13-10(14)5-4-9(2)12(13)15/h4-5,8,16H,3,6-7H2,1-2H3. The fourth-order valence-electron chi connectivity index (χ4n) is 1.81. The van der Waals surface area contributed by atoms with E-state index in [1.54, 1.807) is 11.6 Å². The molecule has 19 heavy (non-hydrogen) atoms. The molecule has 1 N–H and O–H groups in total. The minimum absolute atomic E-state index is 0.119. The molecule has 0 spiro atoms. The third kappa shape index (κ3) is 2.89. The van der Waals surface area contributed by atoms with Gasteiger partial charge in [-0.05, 0) is 25.0 Å². The van der Waals surface area contributed by atoms with Gasteiger partial charge in [0.15, 0.2) is 5.82 Å². The van der Waals surface area contributed by atoms with E-state index in [2.05, 4.69) is 15.4 Å². The summed E-state index contributed by atoms with van der Waals surface area (Å²) in [5.74, 6) is -0.520. The molecule has 0 bridgehead atoms. The van der Waals surface area contributed by atoms with Crippen molar-refractivity contribution in [2.24, 2.45) is 0 Å². The molecule has 0 aliphatic heterocycles. The SMILES string of the molecule is CCCn1ncnc1CNc1c(F)ccc(C)c1F. The molecule has 0 radical (unpaired) electrons. The second-order valence-corrected chi connectivity index (χ2v) is 4.31. The van der Waals surface area contributed by atoms with Crippen molar-refractivity contribution in [3.05, 3.63) is 41.5 Å². The second-order valence-electron chi connectivity index (χ2n) is 4.31. The molecule has 0 fully saturated rings. The van der Waals surface area contributed by atoms with E-state index < -0.39 is 11.6 Å². The lowest BCUT2D eigenvalue weighted by Gasteiger charge is -2.10. The van der Waals surface area contributed by atoms with Gasteiger partial charge in [-0.1, -0.05) is 13.0 Å². The van der Waals surface area contributed by atoms with Crippen LogP contribution in [-0.4, -0.2) is 14.8 Å². The third-order valence-electron chi connectivity index (χ3n) is 2.84. The molecule has 0 saturated heterocycles. The van der Waals surface area contributed by atoms with Crippen LogP contribution in [0.3, 0.4) is 0 Å². The highest BCUT2D eigenvalue weighted by molar-refractivity contribution is 5.48. The Balaban J connectivity index is 2.14. The van der Waals surface area contributed by atoms with Gasteiger partial charge in [0.05, 0.1) is 6.54 Å². The van der Waals surface area contributed by atoms with Crippen molar-refractivity contribution in [1.82, 2.24) is 14.8 Å². The lowest BCUT2D eigenvalue weighted by Crippen LogP contribution is -2.12. The van der Waals surface area contributed by atoms with Gasteiger partial charge in [0, 0.05) is 6.54 Å². The van der Waals surface area contributed by atoms with E-state index in [0.29, 0.717) is 11.4 Å². The third-order valence-corrected chi connectivity index (χ3v) is 2.84. The van der Waals surface area contributed by atoms with E-state index in [4.69, 9.17) is 0 Å². The van der Waals surface area contributed by atoms with Crippen LogP contribution >= 0.6 is 0 Å². The summed E-state index contributed by atoms with van der Waals surface area (Å²) in [6.45, 7) is 4.59. The number of anilines is 1. The fraction of sp³-hybridized carbons (Fsp3) is 0.385. The average Bonchev–Trinajstić information content (AvgIpc) is 2.82. The maximum atomic E-state index is 13.8. The maximum absolute atomic E-state index is 13.8. The van der Waals surface area contributed by atoms with Crippen molar-refractivity contribution in [2.75, 3.05) is 5.32 Å². The highest BCUT2D eigenvalue weighted by atomic mass is 19.1. The number of nitrogens with one attached hydrogen (secondary N) is 1. The normalized spacial score (nSPS) is 10.7. The molecule has 0 amide bonds. The Kier molecular flexibility index (Phi) is 4.09. The molecule has 0 aliphatic rings. The number of nitrogens with zero attached hydrogens (tertiary/aromatic N) is 3. The van der Waals surface area contributed by atoms with Crippen molar-refractivity contribution >= 4 is 5.69 Å². The fourth-order valence-corrected chi connectivity index (χ4v) is 1.81. The van der Waals surface area contributed by atoms with Crippen LogP contribution in [0.1, 0.15) is 24.7 Å². The molecule has 1 aromatic carbocycles. The predicted molar refractivity (Wildman–Crippen MR) is 68.7 cm³/mol. The molecule has 0 aliphatic carbocycles. The molecule has 4 nitrogen and oxygen atoms in total. The van der Waals surface area contributed by atoms with Gasteiger partial charge in [0.1, 0.15) is 23.7 Å². The van der Waals surface area contributed by atoms with E-state index in [-0.39, 0.29) is 12.2 Å². The Bertz CT molecular complexity index is 566. The molecule has 0 unspecified atom stereocenters. The van der Waals surface area contributed by atoms with Crippen molar-refractivity contribution in [3.63, 3.8) is 0 Å². The maximum Gasteiger partial charge on any atom is 0.152 e. The summed E-state index contributed by atoms with van der Waals surface area (Å²) in [5, 5.41) is 6.81. The topological polar surface area (TPSA) is 42.7 Å². The highest BCUT2D eigenvalue weighted by Crippen LogP contribution is 2.22. The van der Waals surface area contributed by atoms with Crippen LogP contribution in [0.25, 0.3) is 0 Å².